The Balaban J connectivity index is 1.41. The Hall–Kier alpha value is -3.42. The third-order valence-electron chi connectivity index (χ3n) is 5.87. The summed E-state index contributed by atoms with van der Waals surface area (Å²) in [6, 6.07) is 21.4. The lowest BCUT2D eigenvalue weighted by Crippen LogP contribution is -2.40. The first-order valence-electron chi connectivity index (χ1n) is 11.1. The lowest BCUT2D eigenvalue weighted by atomic mass is 10.1. The van der Waals surface area contributed by atoms with Crippen LogP contribution in [0.3, 0.4) is 0 Å². The van der Waals surface area contributed by atoms with Crippen LogP contribution in [-0.4, -0.2) is 43.0 Å². The molecule has 5 nitrogen and oxygen atoms in total. The number of halogens is 1. The van der Waals surface area contributed by atoms with Crippen molar-refractivity contribution in [2.24, 2.45) is 0 Å². The van der Waals surface area contributed by atoms with Gasteiger partial charge in [-0.3, -0.25) is 9.59 Å². The number of carbonyl (C=O) groups is 2. The van der Waals surface area contributed by atoms with E-state index >= 15 is 0 Å². The van der Waals surface area contributed by atoms with Gasteiger partial charge in [0.1, 0.15) is 5.82 Å². The van der Waals surface area contributed by atoms with Gasteiger partial charge in [-0.15, -0.1) is 0 Å². The highest BCUT2D eigenvalue weighted by Crippen LogP contribution is 2.42. The summed E-state index contributed by atoms with van der Waals surface area (Å²) in [4.78, 5) is 31.0. The van der Waals surface area contributed by atoms with Gasteiger partial charge < -0.3 is 14.5 Å². The molecule has 172 valence electrons. The molecule has 0 aromatic heterocycles. The fourth-order valence-electron chi connectivity index (χ4n) is 4.04. The second-order valence-corrected chi connectivity index (χ2v) is 9.17. The number of hydrogen-bond acceptors (Lipinski definition) is 4. The molecule has 0 atom stereocenters. The van der Waals surface area contributed by atoms with Gasteiger partial charge in [0.2, 0.25) is 0 Å². The molecule has 2 aliphatic heterocycles. The Kier molecular flexibility index (Phi) is 6.47. The minimum absolute atomic E-state index is 0.0180. The fraction of sp³-hybridized carbons (Fsp3) is 0.185. The Morgan fingerprint density at radius 2 is 1.68 bits per heavy atom. The van der Waals surface area contributed by atoms with Crippen molar-refractivity contribution >= 4 is 35.3 Å². The smallest absolute Gasteiger partial charge is 0.265 e. The van der Waals surface area contributed by atoms with Crippen LogP contribution in [0.4, 0.5) is 10.1 Å². The van der Waals surface area contributed by atoms with Gasteiger partial charge in [0.15, 0.2) is 0 Å². The van der Waals surface area contributed by atoms with Crippen LogP contribution in [0.1, 0.15) is 21.5 Å². The molecule has 0 bridgehead atoms. The summed E-state index contributed by atoms with van der Waals surface area (Å²) in [6.45, 7) is 2.44. The number of fused-ring (bicyclic) bond motifs is 1. The monoisotopic (exact) mass is 474 g/mol. The van der Waals surface area contributed by atoms with Crippen molar-refractivity contribution < 1.29 is 18.7 Å². The number of amides is 2. The first-order chi connectivity index (χ1) is 16.6. The minimum Gasteiger partial charge on any atom is -0.378 e. The van der Waals surface area contributed by atoms with Gasteiger partial charge in [-0.25, -0.2) is 4.39 Å². The summed E-state index contributed by atoms with van der Waals surface area (Å²) in [5.41, 5.74) is 2.66. The van der Waals surface area contributed by atoms with Gasteiger partial charge >= 0.3 is 0 Å². The number of thioether (sulfide) groups is 1. The first kappa shape index (κ1) is 22.4. The SMILES string of the molecule is O=C(c1ccc(/C=C2\Sc3ccccc3N(Cc3ccccc3F)C2=O)cc1)N1CCOCC1. The Morgan fingerprint density at radius 1 is 0.971 bits per heavy atom. The summed E-state index contributed by atoms with van der Waals surface area (Å²) >= 11 is 1.40. The molecular weight excluding hydrogens is 451 g/mol. The Labute approximate surface area is 201 Å². The van der Waals surface area contributed by atoms with Crippen molar-refractivity contribution in [3.05, 3.63) is 100 Å². The minimum atomic E-state index is -0.336. The number of hydrogen-bond donors (Lipinski definition) is 0. The van der Waals surface area contributed by atoms with E-state index in [2.05, 4.69) is 0 Å². The second-order valence-electron chi connectivity index (χ2n) is 8.09. The number of rotatable bonds is 4. The second kappa shape index (κ2) is 9.83. The molecule has 7 heteroatoms. The molecule has 0 N–H and O–H groups in total. The van der Waals surface area contributed by atoms with Gasteiger partial charge in [0, 0.05) is 29.1 Å². The fourth-order valence-corrected chi connectivity index (χ4v) is 5.10. The van der Waals surface area contributed by atoms with Crippen molar-refractivity contribution in [3.8, 4) is 0 Å². The number of ether oxygens (including phenoxy) is 1. The van der Waals surface area contributed by atoms with Crippen LogP contribution in [0.2, 0.25) is 0 Å². The van der Waals surface area contributed by atoms with Crippen molar-refractivity contribution in [2.45, 2.75) is 11.4 Å². The van der Waals surface area contributed by atoms with E-state index in [1.807, 2.05) is 42.5 Å². The molecule has 0 aliphatic carbocycles. The van der Waals surface area contributed by atoms with E-state index in [0.717, 1.165) is 16.1 Å². The van der Waals surface area contributed by atoms with Crippen LogP contribution in [0, 0.1) is 5.82 Å². The number of carbonyl (C=O) groups excluding carboxylic acids is 2. The van der Waals surface area contributed by atoms with E-state index in [0.29, 0.717) is 42.3 Å². The summed E-state index contributed by atoms with van der Waals surface area (Å²) in [5.74, 6) is -0.534. The predicted molar refractivity (Wildman–Crippen MR) is 131 cm³/mol. The molecule has 2 heterocycles. The number of anilines is 1. The average molecular weight is 475 g/mol. The van der Waals surface area contributed by atoms with Crippen molar-refractivity contribution in [1.29, 1.82) is 0 Å². The number of nitrogens with zero attached hydrogens (tertiary/aromatic N) is 2. The van der Waals surface area contributed by atoms with E-state index < -0.39 is 0 Å². The maximum absolute atomic E-state index is 14.3. The molecule has 34 heavy (non-hydrogen) atoms. The number of morpholine rings is 1. The molecule has 2 amide bonds. The Morgan fingerprint density at radius 3 is 2.44 bits per heavy atom. The Bertz CT molecular complexity index is 1250. The zero-order valence-corrected chi connectivity index (χ0v) is 19.3. The van der Waals surface area contributed by atoms with Crippen LogP contribution in [-0.2, 0) is 16.1 Å². The summed E-state index contributed by atoms with van der Waals surface area (Å²) in [7, 11) is 0. The third kappa shape index (κ3) is 4.62. The molecule has 0 unspecified atom stereocenters. The molecule has 1 fully saturated rings. The largest absolute Gasteiger partial charge is 0.378 e. The van der Waals surface area contributed by atoms with E-state index in [9.17, 15) is 14.0 Å². The van der Waals surface area contributed by atoms with E-state index in [1.165, 1.54) is 17.8 Å². The maximum atomic E-state index is 14.3. The third-order valence-corrected chi connectivity index (χ3v) is 6.95. The van der Waals surface area contributed by atoms with E-state index in [1.54, 1.807) is 40.1 Å². The zero-order valence-electron chi connectivity index (χ0n) is 18.4. The molecule has 3 aromatic rings. The van der Waals surface area contributed by atoms with Crippen LogP contribution in [0.15, 0.2) is 82.6 Å². The van der Waals surface area contributed by atoms with Gasteiger partial charge in [-0.1, -0.05) is 54.2 Å². The highest BCUT2D eigenvalue weighted by atomic mass is 32.2. The predicted octanol–water partition coefficient (Wildman–Crippen LogP) is 4.98. The summed E-state index contributed by atoms with van der Waals surface area (Å²) < 4.78 is 19.6. The van der Waals surface area contributed by atoms with Crippen LogP contribution in [0.5, 0.6) is 0 Å². The standard InChI is InChI=1S/C27H23FN2O3S/c28-22-6-2-1-5-21(22)18-30-23-7-3-4-8-24(23)34-25(27(30)32)17-19-9-11-20(12-10-19)26(31)29-13-15-33-16-14-29/h1-12,17H,13-16,18H2/b25-17-. The topological polar surface area (TPSA) is 49.9 Å². The van der Waals surface area contributed by atoms with Crippen molar-refractivity contribution in [2.75, 3.05) is 31.2 Å². The molecule has 1 saturated heterocycles. The van der Waals surface area contributed by atoms with Gasteiger partial charge in [-0.2, -0.15) is 0 Å². The summed E-state index contributed by atoms with van der Waals surface area (Å²) in [6.07, 6.45) is 1.82. The lowest BCUT2D eigenvalue weighted by Gasteiger charge is -2.30. The molecule has 2 aliphatic rings. The zero-order chi connectivity index (χ0) is 23.5. The van der Waals surface area contributed by atoms with Crippen LogP contribution >= 0.6 is 11.8 Å². The average Bonchev–Trinajstić information content (AvgIpc) is 2.88. The van der Waals surface area contributed by atoms with E-state index in [4.69, 9.17) is 4.74 Å². The number of para-hydroxylation sites is 1. The van der Waals surface area contributed by atoms with Crippen molar-refractivity contribution in [1.82, 2.24) is 4.90 Å². The van der Waals surface area contributed by atoms with Gasteiger partial charge in [-0.05, 0) is 42.0 Å². The van der Waals surface area contributed by atoms with Gasteiger partial charge in [0.05, 0.1) is 30.4 Å². The summed E-state index contributed by atoms with van der Waals surface area (Å²) in [5, 5.41) is 0. The normalized spacial score (nSPS) is 17.1. The molecular formula is C27H23FN2O3S. The van der Waals surface area contributed by atoms with Crippen LogP contribution in [0.25, 0.3) is 6.08 Å². The maximum Gasteiger partial charge on any atom is 0.265 e. The first-order valence-corrected chi connectivity index (χ1v) is 11.9. The van der Waals surface area contributed by atoms with Crippen molar-refractivity contribution in [3.63, 3.8) is 0 Å². The molecule has 5 rings (SSSR count). The highest BCUT2D eigenvalue weighted by Gasteiger charge is 2.29. The number of benzene rings is 3. The highest BCUT2D eigenvalue weighted by molar-refractivity contribution is 8.04. The molecule has 3 aromatic carbocycles. The van der Waals surface area contributed by atoms with E-state index in [-0.39, 0.29) is 24.2 Å². The molecule has 0 saturated carbocycles. The van der Waals surface area contributed by atoms with Gasteiger partial charge in [0.25, 0.3) is 11.8 Å². The molecule has 0 radical (unpaired) electrons. The quantitative estimate of drug-likeness (QED) is 0.501. The molecule has 0 spiro atoms. The lowest BCUT2D eigenvalue weighted by molar-refractivity contribution is -0.114. The van der Waals surface area contributed by atoms with Crippen LogP contribution < -0.4 is 4.90 Å².